The Morgan fingerprint density at radius 3 is 3.00 bits per heavy atom. The number of ether oxygens (including phenoxy) is 1. The second-order valence-corrected chi connectivity index (χ2v) is 4.81. The first-order valence-electron chi connectivity index (χ1n) is 6.34. The Balaban J connectivity index is 2.13. The van der Waals surface area contributed by atoms with Crippen LogP contribution in [0.3, 0.4) is 0 Å². The van der Waals surface area contributed by atoms with Crippen LogP contribution in [0.5, 0.6) is 0 Å². The van der Waals surface area contributed by atoms with Crippen molar-refractivity contribution in [3.63, 3.8) is 0 Å². The van der Waals surface area contributed by atoms with E-state index >= 15 is 0 Å². The van der Waals surface area contributed by atoms with E-state index in [4.69, 9.17) is 10.5 Å². The highest BCUT2D eigenvalue weighted by atomic mass is 16.5. The van der Waals surface area contributed by atoms with Crippen LogP contribution in [0.25, 0.3) is 0 Å². The summed E-state index contributed by atoms with van der Waals surface area (Å²) in [5.41, 5.74) is 9.59. The van der Waals surface area contributed by atoms with Crippen molar-refractivity contribution in [3.8, 4) is 0 Å². The molecule has 94 valence electrons. The molecule has 0 amide bonds. The molecule has 1 aromatic rings. The summed E-state index contributed by atoms with van der Waals surface area (Å²) in [6, 6.07) is 6.62. The first-order chi connectivity index (χ1) is 8.20. The van der Waals surface area contributed by atoms with Gasteiger partial charge < -0.3 is 15.4 Å². The van der Waals surface area contributed by atoms with Crippen molar-refractivity contribution < 1.29 is 4.74 Å². The number of aryl methyl sites for hydroxylation is 2. The van der Waals surface area contributed by atoms with Crippen molar-refractivity contribution in [1.29, 1.82) is 0 Å². The first-order valence-corrected chi connectivity index (χ1v) is 6.34. The third-order valence-electron chi connectivity index (χ3n) is 3.33. The van der Waals surface area contributed by atoms with Gasteiger partial charge in [-0.05, 0) is 44.0 Å². The molecular weight excluding hydrogens is 212 g/mol. The second kappa shape index (κ2) is 5.52. The number of nitrogens with zero attached hydrogens (tertiary/aromatic N) is 1. The van der Waals surface area contributed by atoms with Crippen molar-refractivity contribution in [3.05, 3.63) is 29.3 Å². The average Bonchev–Trinajstić information content (AvgIpc) is 2.33. The van der Waals surface area contributed by atoms with Gasteiger partial charge in [-0.1, -0.05) is 12.1 Å². The summed E-state index contributed by atoms with van der Waals surface area (Å²) in [7, 11) is 0. The lowest BCUT2D eigenvalue weighted by Gasteiger charge is -2.35. The zero-order valence-electron chi connectivity index (χ0n) is 10.8. The summed E-state index contributed by atoms with van der Waals surface area (Å²) >= 11 is 0. The molecule has 0 bridgehead atoms. The van der Waals surface area contributed by atoms with Crippen LogP contribution in [0, 0.1) is 13.8 Å². The molecule has 17 heavy (non-hydrogen) atoms. The predicted octanol–water partition coefficient (Wildman–Crippen LogP) is 1.86. The number of nitrogens with two attached hydrogens (primary N) is 1. The summed E-state index contributed by atoms with van der Waals surface area (Å²) in [5.74, 6) is 0. The molecule has 1 unspecified atom stereocenters. The lowest BCUT2D eigenvalue weighted by Crippen LogP contribution is -2.43. The van der Waals surface area contributed by atoms with E-state index in [0.29, 0.717) is 6.54 Å². The molecule has 3 heteroatoms. The van der Waals surface area contributed by atoms with E-state index in [-0.39, 0.29) is 6.10 Å². The molecule has 3 nitrogen and oxygen atoms in total. The lowest BCUT2D eigenvalue weighted by atomic mass is 10.1. The van der Waals surface area contributed by atoms with E-state index in [2.05, 4.69) is 36.9 Å². The Labute approximate surface area is 104 Å². The molecule has 0 radical (unpaired) electrons. The quantitative estimate of drug-likeness (QED) is 0.867. The van der Waals surface area contributed by atoms with Crippen LogP contribution in [-0.4, -0.2) is 32.3 Å². The summed E-state index contributed by atoms with van der Waals surface area (Å²) in [5, 5.41) is 0. The maximum absolute atomic E-state index is 5.72. The Kier molecular flexibility index (Phi) is 4.02. The average molecular weight is 234 g/mol. The fraction of sp³-hybridized carbons (Fsp3) is 0.571. The molecule has 1 aliphatic rings. The van der Waals surface area contributed by atoms with Crippen molar-refractivity contribution in [2.24, 2.45) is 5.73 Å². The minimum absolute atomic E-state index is 0.286. The van der Waals surface area contributed by atoms with E-state index < -0.39 is 0 Å². The maximum atomic E-state index is 5.72. The molecule has 1 saturated heterocycles. The van der Waals surface area contributed by atoms with Gasteiger partial charge in [-0.15, -0.1) is 0 Å². The van der Waals surface area contributed by atoms with Gasteiger partial charge in [0.05, 0.1) is 12.7 Å². The molecule has 1 fully saturated rings. The second-order valence-electron chi connectivity index (χ2n) is 4.81. The molecule has 0 saturated carbocycles. The first kappa shape index (κ1) is 12.4. The summed E-state index contributed by atoms with van der Waals surface area (Å²) in [6.07, 6.45) is 1.23. The van der Waals surface area contributed by atoms with E-state index in [0.717, 1.165) is 26.1 Å². The summed E-state index contributed by atoms with van der Waals surface area (Å²) in [4.78, 5) is 2.42. The van der Waals surface area contributed by atoms with Crippen molar-refractivity contribution in [2.75, 3.05) is 31.1 Å². The minimum Gasteiger partial charge on any atom is -0.374 e. The molecule has 1 aromatic carbocycles. The third kappa shape index (κ3) is 2.99. The van der Waals surface area contributed by atoms with Gasteiger partial charge in [0.2, 0.25) is 0 Å². The topological polar surface area (TPSA) is 38.5 Å². The largest absolute Gasteiger partial charge is 0.374 e. The molecule has 2 N–H and O–H groups in total. The number of hydrogen-bond donors (Lipinski definition) is 1. The van der Waals surface area contributed by atoms with Crippen LogP contribution in [0.4, 0.5) is 5.69 Å². The SMILES string of the molecule is Cc1ccc(C)c(N2CCOC(CCN)C2)c1. The highest BCUT2D eigenvalue weighted by Crippen LogP contribution is 2.24. The normalized spacial score (nSPS) is 20.6. The Morgan fingerprint density at radius 2 is 2.24 bits per heavy atom. The smallest absolute Gasteiger partial charge is 0.0762 e. The molecule has 0 aromatic heterocycles. The standard InChI is InChI=1S/C14H22N2O/c1-11-3-4-12(2)14(9-11)16-7-8-17-13(10-16)5-6-15/h3-4,9,13H,5-8,10,15H2,1-2H3. The predicted molar refractivity (Wildman–Crippen MR) is 71.5 cm³/mol. The number of anilines is 1. The monoisotopic (exact) mass is 234 g/mol. The number of hydrogen-bond acceptors (Lipinski definition) is 3. The van der Waals surface area contributed by atoms with E-state index in [1.165, 1.54) is 16.8 Å². The molecule has 1 heterocycles. The number of rotatable bonds is 3. The molecular formula is C14H22N2O. The van der Waals surface area contributed by atoms with Gasteiger partial charge in [-0.3, -0.25) is 0 Å². The summed E-state index contributed by atoms with van der Waals surface area (Å²) < 4.78 is 5.72. The third-order valence-corrected chi connectivity index (χ3v) is 3.33. The van der Waals surface area contributed by atoms with Gasteiger partial charge in [-0.25, -0.2) is 0 Å². The van der Waals surface area contributed by atoms with E-state index in [1.54, 1.807) is 0 Å². The Bertz CT molecular complexity index is 376. The number of benzene rings is 1. The number of morpholine rings is 1. The van der Waals surface area contributed by atoms with Crippen LogP contribution >= 0.6 is 0 Å². The van der Waals surface area contributed by atoms with Crippen LogP contribution in [0.1, 0.15) is 17.5 Å². The highest BCUT2D eigenvalue weighted by molar-refractivity contribution is 5.55. The zero-order valence-corrected chi connectivity index (χ0v) is 10.8. The zero-order chi connectivity index (χ0) is 12.3. The highest BCUT2D eigenvalue weighted by Gasteiger charge is 2.20. The van der Waals surface area contributed by atoms with Crippen LogP contribution in [0.2, 0.25) is 0 Å². The molecule has 0 aliphatic carbocycles. The van der Waals surface area contributed by atoms with E-state index in [1.807, 2.05) is 0 Å². The van der Waals surface area contributed by atoms with Gasteiger partial charge in [0.1, 0.15) is 0 Å². The van der Waals surface area contributed by atoms with Crippen molar-refractivity contribution in [1.82, 2.24) is 0 Å². The van der Waals surface area contributed by atoms with Crippen LogP contribution in [-0.2, 0) is 4.74 Å². The van der Waals surface area contributed by atoms with E-state index in [9.17, 15) is 0 Å². The maximum Gasteiger partial charge on any atom is 0.0762 e. The molecule has 1 aliphatic heterocycles. The van der Waals surface area contributed by atoms with Crippen molar-refractivity contribution >= 4 is 5.69 Å². The van der Waals surface area contributed by atoms with Gasteiger partial charge >= 0.3 is 0 Å². The Hall–Kier alpha value is -1.06. The molecule has 2 rings (SSSR count). The lowest BCUT2D eigenvalue weighted by molar-refractivity contribution is 0.0368. The molecule has 1 atom stereocenters. The van der Waals surface area contributed by atoms with Gasteiger partial charge in [-0.2, -0.15) is 0 Å². The fourth-order valence-electron chi connectivity index (χ4n) is 2.36. The fourth-order valence-corrected chi connectivity index (χ4v) is 2.36. The van der Waals surface area contributed by atoms with Crippen molar-refractivity contribution in [2.45, 2.75) is 26.4 Å². The minimum atomic E-state index is 0.286. The van der Waals surface area contributed by atoms with Gasteiger partial charge in [0.15, 0.2) is 0 Å². The van der Waals surface area contributed by atoms with Crippen LogP contribution < -0.4 is 10.6 Å². The summed E-state index contributed by atoms with van der Waals surface area (Å²) in [6.45, 7) is 7.75. The Morgan fingerprint density at radius 1 is 1.41 bits per heavy atom. The van der Waals surface area contributed by atoms with Gasteiger partial charge in [0, 0.05) is 18.8 Å². The van der Waals surface area contributed by atoms with Crippen LogP contribution in [0.15, 0.2) is 18.2 Å². The van der Waals surface area contributed by atoms with Gasteiger partial charge in [0.25, 0.3) is 0 Å². The molecule has 0 spiro atoms.